The van der Waals surface area contributed by atoms with Gasteiger partial charge in [-0.05, 0) is 45.4 Å². The first-order valence-electron chi connectivity index (χ1n) is 8.93. The predicted octanol–water partition coefficient (Wildman–Crippen LogP) is 3.63. The summed E-state index contributed by atoms with van der Waals surface area (Å²) in [4.78, 5) is 19.0. The summed E-state index contributed by atoms with van der Waals surface area (Å²) in [6.07, 6.45) is 11.4. The van der Waals surface area contributed by atoms with Gasteiger partial charge >= 0.3 is 0 Å². The van der Waals surface area contributed by atoms with E-state index in [-0.39, 0.29) is 0 Å². The predicted molar refractivity (Wildman–Crippen MR) is 87.7 cm³/mol. The van der Waals surface area contributed by atoms with Crippen molar-refractivity contribution in [2.45, 2.75) is 71.3 Å². The molecule has 1 aromatic rings. The van der Waals surface area contributed by atoms with Crippen molar-refractivity contribution in [1.82, 2.24) is 14.5 Å². The normalized spacial score (nSPS) is 21.3. The lowest BCUT2D eigenvalue weighted by Gasteiger charge is -2.34. The smallest absolute Gasteiger partial charge is 0.222 e. The third kappa shape index (κ3) is 3.36. The largest absolute Gasteiger partial charge is 0.343 e. The highest BCUT2D eigenvalue weighted by Crippen LogP contribution is 2.29. The number of aryl methyl sites for hydroxylation is 2. The zero-order valence-corrected chi connectivity index (χ0v) is 14.1. The van der Waals surface area contributed by atoms with E-state index in [1.54, 1.807) is 0 Å². The molecule has 4 nitrogen and oxygen atoms in total. The van der Waals surface area contributed by atoms with Crippen LogP contribution >= 0.6 is 0 Å². The number of amides is 1. The minimum atomic E-state index is 0.393. The van der Waals surface area contributed by atoms with Crippen LogP contribution in [-0.2, 0) is 4.79 Å². The van der Waals surface area contributed by atoms with Gasteiger partial charge in [0.05, 0.1) is 0 Å². The average Bonchev–Trinajstić information content (AvgIpc) is 2.87. The molecule has 2 heterocycles. The Kier molecular flexibility index (Phi) is 4.84. The summed E-state index contributed by atoms with van der Waals surface area (Å²) in [5.74, 6) is 2.14. The van der Waals surface area contributed by atoms with Crippen molar-refractivity contribution in [2.24, 2.45) is 5.92 Å². The Balaban J connectivity index is 1.52. The van der Waals surface area contributed by atoms with Crippen LogP contribution in [0.5, 0.6) is 0 Å². The molecule has 4 heteroatoms. The molecule has 0 bridgehead atoms. The molecule has 1 saturated carbocycles. The van der Waals surface area contributed by atoms with Gasteiger partial charge in [-0.2, -0.15) is 0 Å². The third-order valence-electron chi connectivity index (χ3n) is 5.54. The molecule has 0 aromatic carbocycles. The lowest BCUT2D eigenvalue weighted by Crippen LogP contribution is -2.40. The van der Waals surface area contributed by atoms with E-state index in [2.05, 4.69) is 28.3 Å². The molecule has 0 spiro atoms. The molecule has 1 aromatic heterocycles. The molecule has 0 radical (unpaired) electrons. The fourth-order valence-corrected chi connectivity index (χ4v) is 4.26. The molecule has 122 valence electrons. The Morgan fingerprint density at radius 3 is 2.41 bits per heavy atom. The van der Waals surface area contributed by atoms with Crippen LogP contribution in [0.3, 0.4) is 0 Å². The Morgan fingerprint density at radius 2 is 1.82 bits per heavy atom. The number of carbonyl (C=O) groups excluding carboxylic acids is 1. The van der Waals surface area contributed by atoms with Crippen LogP contribution < -0.4 is 0 Å². The highest BCUT2D eigenvalue weighted by Gasteiger charge is 2.27. The SMILES string of the molecule is Cc1cnc(C)n1C1CCN(C(=O)CC2CCCCC2)CC1. The average molecular weight is 303 g/mol. The summed E-state index contributed by atoms with van der Waals surface area (Å²) in [5.41, 5.74) is 1.24. The van der Waals surface area contributed by atoms with Crippen LogP contribution in [-0.4, -0.2) is 33.4 Å². The molecule has 1 saturated heterocycles. The molecule has 0 N–H and O–H groups in total. The molecule has 1 aliphatic heterocycles. The van der Waals surface area contributed by atoms with Gasteiger partial charge in [0.25, 0.3) is 0 Å². The van der Waals surface area contributed by atoms with Crippen molar-refractivity contribution in [3.05, 3.63) is 17.7 Å². The first-order chi connectivity index (χ1) is 10.6. The van der Waals surface area contributed by atoms with Crippen molar-refractivity contribution in [3.63, 3.8) is 0 Å². The van der Waals surface area contributed by atoms with E-state index >= 15 is 0 Å². The van der Waals surface area contributed by atoms with E-state index in [0.29, 0.717) is 17.9 Å². The maximum absolute atomic E-state index is 12.5. The summed E-state index contributed by atoms with van der Waals surface area (Å²) in [6.45, 7) is 6.02. The van der Waals surface area contributed by atoms with Crippen molar-refractivity contribution in [3.8, 4) is 0 Å². The van der Waals surface area contributed by atoms with Crippen LogP contribution in [0.25, 0.3) is 0 Å². The highest BCUT2D eigenvalue weighted by molar-refractivity contribution is 5.76. The van der Waals surface area contributed by atoms with Crippen LogP contribution in [0.1, 0.15) is 68.9 Å². The van der Waals surface area contributed by atoms with Crippen LogP contribution in [0.4, 0.5) is 0 Å². The fraction of sp³-hybridized carbons (Fsp3) is 0.778. The second kappa shape index (κ2) is 6.84. The molecule has 2 fully saturated rings. The molecule has 3 rings (SSSR count). The van der Waals surface area contributed by atoms with E-state index < -0.39 is 0 Å². The van der Waals surface area contributed by atoms with Gasteiger partial charge in [0.1, 0.15) is 5.82 Å². The van der Waals surface area contributed by atoms with Crippen LogP contribution in [0.15, 0.2) is 6.20 Å². The molecular formula is C18H29N3O. The zero-order chi connectivity index (χ0) is 15.5. The number of imidazole rings is 1. The second-order valence-corrected chi connectivity index (χ2v) is 7.14. The molecule has 0 atom stereocenters. The lowest BCUT2D eigenvalue weighted by molar-refractivity contribution is -0.133. The Morgan fingerprint density at radius 1 is 1.14 bits per heavy atom. The Hall–Kier alpha value is -1.32. The topological polar surface area (TPSA) is 38.1 Å². The number of nitrogens with zero attached hydrogens (tertiary/aromatic N) is 3. The molecular weight excluding hydrogens is 274 g/mol. The number of hydrogen-bond acceptors (Lipinski definition) is 2. The minimum Gasteiger partial charge on any atom is -0.343 e. The number of aromatic nitrogens is 2. The van der Waals surface area contributed by atoms with Gasteiger partial charge in [0.15, 0.2) is 0 Å². The quantitative estimate of drug-likeness (QED) is 0.855. The number of likely N-dealkylation sites (tertiary alicyclic amines) is 1. The fourth-order valence-electron chi connectivity index (χ4n) is 4.26. The lowest BCUT2D eigenvalue weighted by atomic mass is 9.86. The highest BCUT2D eigenvalue weighted by atomic mass is 16.2. The number of carbonyl (C=O) groups is 1. The number of rotatable bonds is 3. The van der Waals surface area contributed by atoms with Gasteiger partial charge in [-0.3, -0.25) is 4.79 Å². The standard InChI is InChI=1S/C18H29N3O/c1-14-13-19-15(2)21(14)17-8-10-20(11-9-17)18(22)12-16-6-4-3-5-7-16/h13,16-17H,3-12H2,1-2H3. The van der Waals surface area contributed by atoms with Gasteiger partial charge in [-0.1, -0.05) is 19.3 Å². The van der Waals surface area contributed by atoms with Gasteiger partial charge < -0.3 is 9.47 Å². The van der Waals surface area contributed by atoms with E-state index in [9.17, 15) is 4.79 Å². The summed E-state index contributed by atoms with van der Waals surface area (Å²) in [5, 5.41) is 0. The summed E-state index contributed by atoms with van der Waals surface area (Å²) in [6, 6.07) is 0.515. The third-order valence-corrected chi connectivity index (χ3v) is 5.54. The molecule has 1 amide bonds. The van der Waals surface area contributed by atoms with Crippen molar-refractivity contribution in [2.75, 3.05) is 13.1 Å². The van der Waals surface area contributed by atoms with Crippen LogP contribution in [0.2, 0.25) is 0 Å². The maximum atomic E-state index is 12.5. The summed E-state index contributed by atoms with van der Waals surface area (Å²) in [7, 11) is 0. The van der Waals surface area contributed by atoms with Gasteiger partial charge in [0, 0.05) is 37.4 Å². The Labute approximate surface area is 133 Å². The first-order valence-corrected chi connectivity index (χ1v) is 8.93. The summed E-state index contributed by atoms with van der Waals surface area (Å²) < 4.78 is 2.35. The summed E-state index contributed by atoms with van der Waals surface area (Å²) >= 11 is 0. The molecule has 0 unspecified atom stereocenters. The molecule has 1 aliphatic carbocycles. The van der Waals surface area contributed by atoms with E-state index in [1.165, 1.54) is 37.8 Å². The minimum absolute atomic E-state index is 0.393. The van der Waals surface area contributed by atoms with Crippen molar-refractivity contribution in [1.29, 1.82) is 0 Å². The van der Waals surface area contributed by atoms with Crippen molar-refractivity contribution >= 4 is 5.91 Å². The van der Waals surface area contributed by atoms with E-state index in [0.717, 1.165) is 38.2 Å². The Bertz CT molecular complexity index is 489. The second-order valence-electron chi connectivity index (χ2n) is 7.14. The van der Waals surface area contributed by atoms with Gasteiger partial charge in [-0.15, -0.1) is 0 Å². The number of hydrogen-bond donors (Lipinski definition) is 0. The molecule has 2 aliphatic rings. The van der Waals surface area contributed by atoms with E-state index in [4.69, 9.17) is 0 Å². The first kappa shape index (κ1) is 15.6. The number of piperidine rings is 1. The van der Waals surface area contributed by atoms with E-state index in [1.807, 2.05) is 6.20 Å². The van der Waals surface area contributed by atoms with Gasteiger partial charge in [0.2, 0.25) is 5.91 Å². The maximum Gasteiger partial charge on any atom is 0.222 e. The van der Waals surface area contributed by atoms with Crippen LogP contribution in [0, 0.1) is 19.8 Å². The van der Waals surface area contributed by atoms with Crippen molar-refractivity contribution < 1.29 is 4.79 Å². The molecule has 22 heavy (non-hydrogen) atoms. The van der Waals surface area contributed by atoms with Gasteiger partial charge in [-0.25, -0.2) is 4.98 Å². The monoisotopic (exact) mass is 303 g/mol. The zero-order valence-electron chi connectivity index (χ0n) is 14.1.